The van der Waals surface area contributed by atoms with Gasteiger partial charge in [0.25, 0.3) is 11.8 Å². The van der Waals surface area contributed by atoms with E-state index in [9.17, 15) is 14.4 Å². The van der Waals surface area contributed by atoms with Crippen molar-refractivity contribution in [3.8, 4) is 11.5 Å². The quantitative estimate of drug-likeness (QED) is 0.290. The van der Waals surface area contributed by atoms with Crippen molar-refractivity contribution >= 4 is 46.1 Å². The molecule has 1 fully saturated rings. The third-order valence-corrected chi connectivity index (χ3v) is 6.22. The number of carbonyl (C=O) groups is 3. The van der Waals surface area contributed by atoms with Gasteiger partial charge in [0, 0.05) is 5.39 Å². The summed E-state index contributed by atoms with van der Waals surface area (Å²) in [5, 5.41) is 1.60. The van der Waals surface area contributed by atoms with Crippen LogP contribution in [-0.4, -0.2) is 24.6 Å². The molecule has 2 aliphatic heterocycles. The zero-order valence-corrected chi connectivity index (χ0v) is 19.3. The Labute approximate surface area is 206 Å². The van der Waals surface area contributed by atoms with Crippen molar-refractivity contribution in [2.75, 3.05) is 16.6 Å². The highest BCUT2D eigenvalue weighted by molar-refractivity contribution is 6.46. The van der Waals surface area contributed by atoms with Crippen LogP contribution in [0.15, 0.2) is 90.5 Å². The zero-order chi connectivity index (χ0) is 24.8. The van der Waals surface area contributed by atoms with Crippen molar-refractivity contribution in [1.82, 2.24) is 0 Å². The summed E-state index contributed by atoms with van der Waals surface area (Å²) < 4.78 is 10.8. The van der Waals surface area contributed by atoms with E-state index in [1.165, 1.54) is 6.08 Å². The van der Waals surface area contributed by atoms with E-state index < -0.39 is 17.8 Å². The Morgan fingerprint density at radius 1 is 0.750 bits per heavy atom. The number of amides is 4. The van der Waals surface area contributed by atoms with Gasteiger partial charge in [-0.05, 0) is 59.8 Å². The largest absolute Gasteiger partial charge is 0.454 e. The Hall–Kier alpha value is -4.91. The van der Waals surface area contributed by atoms with Crippen molar-refractivity contribution in [3.63, 3.8) is 0 Å². The molecule has 6 rings (SSSR count). The highest BCUT2D eigenvalue weighted by Gasteiger charge is 2.44. The van der Waals surface area contributed by atoms with Crippen molar-refractivity contribution in [3.05, 3.63) is 102 Å². The molecular weight excluding hydrogens is 456 g/mol. The average Bonchev–Trinajstić information content (AvgIpc) is 3.35. The van der Waals surface area contributed by atoms with Gasteiger partial charge in [0.05, 0.1) is 11.4 Å². The molecule has 0 atom stereocenters. The maximum Gasteiger partial charge on any atom is 0.343 e. The van der Waals surface area contributed by atoms with E-state index in [1.54, 1.807) is 48.5 Å². The first-order valence-corrected chi connectivity index (χ1v) is 11.4. The molecule has 7 heteroatoms. The standard InChI is InChI=1S/C29H20N2O5/c1-18-6-4-9-21(14-18)30-27(32)23(15-19-12-13-25-26(16-19)36-17-35-25)28(33)31(29(30)34)24-11-5-8-20-7-2-3-10-22(20)24/h2-16H,17H2,1H3/b23-15+. The van der Waals surface area contributed by atoms with Crippen LogP contribution >= 0.6 is 0 Å². The number of carbonyl (C=O) groups excluding carboxylic acids is 3. The van der Waals surface area contributed by atoms with Gasteiger partial charge in [-0.3, -0.25) is 9.59 Å². The summed E-state index contributed by atoms with van der Waals surface area (Å²) in [6.07, 6.45) is 1.49. The summed E-state index contributed by atoms with van der Waals surface area (Å²) in [6.45, 7) is 1.98. The molecule has 0 radical (unpaired) electrons. The number of nitrogens with zero attached hydrogens (tertiary/aromatic N) is 2. The van der Waals surface area contributed by atoms with Gasteiger partial charge in [0.1, 0.15) is 5.57 Å². The maximum atomic E-state index is 13.8. The number of urea groups is 1. The highest BCUT2D eigenvalue weighted by atomic mass is 16.7. The normalized spacial score (nSPS) is 16.4. The lowest BCUT2D eigenvalue weighted by molar-refractivity contribution is -0.121. The topological polar surface area (TPSA) is 76.2 Å². The van der Waals surface area contributed by atoms with Gasteiger partial charge in [-0.15, -0.1) is 0 Å². The van der Waals surface area contributed by atoms with Crippen LogP contribution in [0.5, 0.6) is 11.5 Å². The van der Waals surface area contributed by atoms with Gasteiger partial charge in [0.15, 0.2) is 11.5 Å². The first-order valence-electron chi connectivity index (χ1n) is 11.4. The van der Waals surface area contributed by atoms with Crippen LogP contribution in [0.3, 0.4) is 0 Å². The van der Waals surface area contributed by atoms with E-state index in [1.807, 2.05) is 43.3 Å². The van der Waals surface area contributed by atoms with Crippen molar-refractivity contribution in [2.45, 2.75) is 6.92 Å². The Balaban J connectivity index is 1.54. The molecule has 2 aliphatic rings. The number of anilines is 2. The van der Waals surface area contributed by atoms with Crippen LogP contribution in [0, 0.1) is 6.92 Å². The van der Waals surface area contributed by atoms with E-state index in [0.29, 0.717) is 28.4 Å². The molecule has 4 aromatic rings. The monoisotopic (exact) mass is 476 g/mol. The summed E-state index contributed by atoms with van der Waals surface area (Å²) >= 11 is 0. The van der Waals surface area contributed by atoms with Crippen LogP contribution in [0.4, 0.5) is 16.2 Å². The highest BCUT2D eigenvalue weighted by Crippen LogP contribution is 2.36. The molecule has 7 nitrogen and oxygen atoms in total. The van der Waals surface area contributed by atoms with E-state index in [0.717, 1.165) is 26.1 Å². The number of imide groups is 2. The molecule has 2 heterocycles. The molecule has 0 N–H and O–H groups in total. The van der Waals surface area contributed by atoms with E-state index >= 15 is 0 Å². The van der Waals surface area contributed by atoms with E-state index in [-0.39, 0.29) is 12.4 Å². The Bertz CT molecular complexity index is 1600. The van der Waals surface area contributed by atoms with Gasteiger partial charge in [-0.2, -0.15) is 0 Å². The third-order valence-electron chi connectivity index (χ3n) is 6.22. The summed E-state index contributed by atoms with van der Waals surface area (Å²) in [7, 11) is 0. The van der Waals surface area contributed by atoms with Crippen molar-refractivity contribution in [2.24, 2.45) is 0 Å². The summed E-state index contributed by atoms with van der Waals surface area (Å²) in [5.74, 6) is -0.266. The number of hydrogen-bond acceptors (Lipinski definition) is 5. The molecule has 0 saturated carbocycles. The first kappa shape index (κ1) is 21.6. The number of ether oxygens (including phenoxy) is 2. The van der Waals surface area contributed by atoms with Crippen LogP contribution in [0.2, 0.25) is 0 Å². The lowest BCUT2D eigenvalue weighted by Gasteiger charge is -2.34. The van der Waals surface area contributed by atoms with Crippen LogP contribution < -0.4 is 19.3 Å². The second-order valence-corrected chi connectivity index (χ2v) is 8.57. The van der Waals surface area contributed by atoms with Crippen molar-refractivity contribution < 1.29 is 23.9 Å². The number of aryl methyl sites for hydroxylation is 1. The Morgan fingerprint density at radius 3 is 2.36 bits per heavy atom. The molecule has 0 aliphatic carbocycles. The predicted octanol–water partition coefficient (Wildman–Crippen LogP) is 5.46. The van der Waals surface area contributed by atoms with Gasteiger partial charge >= 0.3 is 6.03 Å². The lowest BCUT2D eigenvalue weighted by atomic mass is 10.0. The van der Waals surface area contributed by atoms with E-state index in [4.69, 9.17) is 9.47 Å². The number of benzene rings is 4. The minimum absolute atomic E-state index is 0.109. The molecule has 0 spiro atoms. The van der Waals surface area contributed by atoms with Gasteiger partial charge in [-0.25, -0.2) is 14.6 Å². The summed E-state index contributed by atoms with van der Waals surface area (Å²) in [4.78, 5) is 43.4. The number of barbiturate groups is 1. The minimum atomic E-state index is -0.727. The second kappa shape index (κ2) is 8.39. The van der Waals surface area contributed by atoms with Gasteiger partial charge in [0.2, 0.25) is 6.79 Å². The number of rotatable bonds is 3. The summed E-state index contributed by atoms with van der Waals surface area (Å²) in [5.41, 5.74) is 2.11. The van der Waals surface area contributed by atoms with Crippen LogP contribution in [0.1, 0.15) is 11.1 Å². The molecule has 1 saturated heterocycles. The molecule has 0 bridgehead atoms. The zero-order valence-electron chi connectivity index (χ0n) is 19.3. The molecule has 176 valence electrons. The fourth-order valence-electron chi connectivity index (χ4n) is 4.51. The number of fused-ring (bicyclic) bond motifs is 2. The molecule has 36 heavy (non-hydrogen) atoms. The molecule has 4 aromatic carbocycles. The molecule has 0 aromatic heterocycles. The molecule has 0 unspecified atom stereocenters. The summed E-state index contributed by atoms with van der Waals surface area (Å²) in [6, 6.07) is 24.4. The fourth-order valence-corrected chi connectivity index (χ4v) is 4.51. The minimum Gasteiger partial charge on any atom is -0.454 e. The predicted molar refractivity (Wildman–Crippen MR) is 136 cm³/mol. The van der Waals surface area contributed by atoms with Crippen LogP contribution in [-0.2, 0) is 9.59 Å². The van der Waals surface area contributed by atoms with E-state index in [2.05, 4.69) is 0 Å². The Kier molecular flexibility index (Phi) is 5.04. The molecular formula is C29H20N2O5. The lowest BCUT2D eigenvalue weighted by Crippen LogP contribution is -2.57. The second-order valence-electron chi connectivity index (χ2n) is 8.57. The maximum absolute atomic E-state index is 13.8. The van der Waals surface area contributed by atoms with Crippen LogP contribution in [0.25, 0.3) is 16.8 Å². The third kappa shape index (κ3) is 3.49. The number of hydrogen-bond donors (Lipinski definition) is 0. The average molecular weight is 476 g/mol. The Morgan fingerprint density at radius 2 is 1.50 bits per heavy atom. The first-order chi connectivity index (χ1) is 17.5. The fraction of sp³-hybridized carbons (Fsp3) is 0.0690. The van der Waals surface area contributed by atoms with Gasteiger partial charge < -0.3 is 9.47 Å². The van der Waals surface area contributed by atoms with Gasteiger partial charge in [-0.1, -0.05) is 54.6 Å². The SMILES string of the molecule is Cc1cccc(N2C(=O)/C(=C\c3ccc4c(c3)OCO4)C(=O)N(c3cccc4ccccc34)C2=O)c1. The molecule has 4 amide bonds. The smallest absolute Gasteiger partial charge is 0.343 e. The van der Waals surface area contributed by atoms with Crippen molar-refractivity contribution in [1.29, 1.82) is 0 Å².